The lowest BCUT2D eigenvalue weighted by Gasteiger charge is -2.24. The number of nitrogens with zero attached hydrogens (tertiary/aromatic N) is 1. The molecule has 1 amide bonds. The Kier molecular flexibility index (Phi) is 2.87. The van der Waals surface area contributed by atoms with Crippen molar-refractivity contribution in [1.29, 1.82) is 0 Å². The molecule has 14 heavy (non-hydrogen) atoms. The highest BCUT2D eigenvalue weighted by Crippen LogP contribution is 2.29. The summed E-state index contributed by atoms with van der Waals surface area (Å²) in [5, 5.41) is 8.95. The van der Waals surface area contributed by atoms with Gasteiger partial charge in [-0.15, -0.1) is 0 Å². The van der Waals surface area contributed by atoms with Crippen molar-refractivity contribution in [2.75, 3.05) is 13.2 Å². The van der Waals surface area contributed by atoms with Gasteiger partial charge in [0, 0.05) is 19.6 Å². The van der Waals surface area contributed by atoms with E-state index < -0.39 is 0 Å². The Morgan fingerprint density at radius 1 is 1.57 bits per heavy atom. The van der Waals surface area contributed by atoms with Gasteiger partial charge in [-0.05, 0) is 31.3 Å². The topological polar surface area (TPSA) is 40.5 Å². The van der Waals surface area contributed by atoms with E-state index in [1.54, 1.807) is 0 Å². The first-order valence-electron chi connectivity index (χ1n) is 5.42. The number of rotatable bonds is 2. The summed E-state index contributed by atoms with van der Waals surface area (Å²) < 4.78 is 0. The Morgan fingerprint density at radius 2 is 2.43 bits per heavy atom. The summed E-state index contributed by atoms with van der Waals surface area (Å²) in [4.78, 5) is 13.5. The van der Waals surface area contributed by atoms with Crippen LogP contribution >= 0.6 is 0 Å². The second kappa shape index (κ2) is 4.13. The van der Waals surface area contributed by atoms with Gasteiger partial charge in [0.05, 0.1) is 6.04 Å². The van der Waals surface area contributed by atoms with E-state index in [4.69, 9.17) is 5.11 Å². The summed E-state index contributed by atoms with van der Waals surface area (Å²) in [5.41, 5.74) is 1.27. The van der Waals surface area contributed by atoms with Crippen LogP contribution in [0.25, 0.3) is 0 Å². The first kappa shape index (κ1) is 9.71. The predicted octanol–water partition coefficient (Wildman–Crippen LogP) is 1.08. The zero-order valence-electron chi connectivity index (χ0n) is 8.41. The number of hydrogen-bond donors (Lipinski definition) is 1. The molecular formula is C11H17NO2. The third kappa shape index (κ3) is 1.69. The van der Waals surface area contributed by atoms with Crippen LogP contribution in [0.4, 0.5) is 0 Å². The fourth-order valence-corrected chi connectivity index (χ4v) is 2.48. The van der Waals surface area contributed by atoms with Gasteiger partial charge >= 0.3 is 0 Å². The van der Waals surface area contributed by atoms with Crippen LogP contribution in [0.5, 0.6) is 0 Å². The normalized spacial score (nSPS) is 27.2. The Morgan fingerprint density at radius 3 is 3.21 bits per heavy atom. The van der Waals surface area contributed by atoms with E-state index in [0.29, 0.717) is 18.4 Å². The van der Waals surface area contributed by atoms with E-state index in [0.717, 1.165) is 32.2 Å². The van der Waals surface area contributed by atoms with E-state index in [1.165, 1.54) is 5.57 Å². The van der Waals surface area contributed by atoms with Crippen molar-refractivity contribution < 1.29 is 9.90 Å². The Labute approximate surface area is 84.4 Å². The number of allylic oxidation sites excluding steroid dienone is 1. The molecule has 0 aliphatic carbocycles. The van der Waals surface area contributed by atoms with Crippen LogP contribution in [0.3, 0.4) is 0 Å². The molecule has 3 heteroatoms. The van der Waals surface area contributed by atoms with Crippen molar-refractivity contribution in [2.24, 2.45) is 0 Å². The van der Waals surface area contributed by atoms with Gasteiger partial charge in [0.1, 0.15) is 0 Å². The fraction of sp³-hybridized carbons (Fsp3) is 0.727. The summed E-state index contributed by atoms with van der Waals surface area (Å²) in [7, 11) is 0. The SMILES string of the molecule is O=C1CC[C@H]2C(CCO)=CCCCN12. The maximum atomic E-state index is 11.5. The smallest absolute Gasteiger partial charge is 0.223 e. The molecule has 0 radical (unpaired) electrons. The lowest BCUT2D eigenvalue weighted by molar-refractivity contribution is -0.128. The minimum atomic E-state index is 0.199. The molecule has 0 aromatic heterocycles. The summed E-state index contributed by atoms with van der Waals surface area (Å²) in [6, 6.07) is 0.303. The van der Waals surface area contributed by atoms with Gasteiger partial charge in [-0.25, -0.2) is 0 Å². The lowest BCUT2D eigenvalue weighted by Crippen LogP contribution is -2.34. The summed E-state index contributed by atoms with van der Waals surface area (Å²) in [6.45, 7) is 1.10. The first-order chi connectivity index (χ1) is 6.83. The number of hydrogen-bond acceptors (Lipinski definition) is 2. The van der Waals surface area contributed by atoms with Crippen LogP contribution in [-0.2, 0) is 4.79 Å². The number of carbonyl (C=O) groups is 1. The Hall–Kier alpha value is -0.830. The highest BCUT2D eigenvalue weighted by Gasteiger charge is 2.33. The molecule has 3 nitrogen and oxygen atoms in total. The molecule has 1 atom stereocenters. The van der Waals surface area contributed by atoms with E-state index in [9.17, 15) is 4.79 Å². The second-order valence-corrected chi connectivity index (χ2v) is 4.04. The first-order valence-corrected chi connectivity index (χ1v) is 5.42. The van der Waals surface area contributed by atoms with E-state index >= 15 is 0 Å². The van der Waals surface area contributed by atoms with Crippen LogP contribution in [0.2, 0.25) is 0 Å². The molecule has 0 unspecified atom stereocenters. The molecular weight excluding hydrogens is 178 g/mol. The van der Waals surface area contributed by atoms with Gasteiger partial charge in [0.15, 0.2) is 0 Å². The molecule has 0 aromatic rings. The molecule has 78 valence electrons. The van der Waals surface area contributed by atoms with Crippen LogP contribution < -0.4 is 0 Å². The van der Waals surface area contributed by atoms with Gasteiger partial charge < -0.3 is 10.0 Å². The largest absolute Gasteiger partial charge is 0.396 e. The Balaban J connectivity index is 2.15. The molecule has 0 aromatic carbocycles. The van der Waals surface area contributed by atoms with Crippen molar-refractivity contribution in [2.45, 2.75) is 38.1 Å². The van der Waals surface area contributed by atoms with Gasteiger partial charge in [0.2, 0.25) is 5.91 Å². The second-order valence-electron chi connectivity index (χ2n) is 4.04. The maximum absolute atomic E-state index is 11.5. The lowest BCUT2D eigenvalue weighted by atomic mass is 10.0. The molecule has 2 aliphatic rings. The van der Waals surface area contributed by atoms with Crippen molar-refractivity contribution in [3.8, 4) is 0 Å². The van der Waals surface area contributed by atoms with Gasteiger partial charge in [0.25, 0.3) is 0 Å². The highest BCUT2D eigenvalue weighted by molar-refractivity contribution is 5.79. The van der Waals surface area contributed by atoms with Crippen LogP contribution in [0.15, 0.2) is 11.6 Å². The van der Waals surface area contributed by atoms with Crippen LogP contribution in [-0.4, -0.2) is 35.1 Å². The predicted molar refractivity (Wildman–Crippen MR) is 53.8 cm³/mol. The molecule has 0 bridgehead atoms. The monoisotopic (exact) mass is 195 g/mol. The number of fused-ring (bicyclic) bond motifs is 1. The minimum Gasteiger partial charge on any atom is -0.396 e. The fourth-order valence-electron chi connectivity index (χ4n) is 2.48. The van der Waals surface area contributed by atoms with E-state index in [2.05, 4.69) is 6.08 Å². The van der Waals surface area contributed by atoms with Crippen molar-refractivity contribution in [1.82, 2.24) is 4.90 Å². The molecule has 0 saturated carbocycles. The number of aliphatic hydroxyl groups excluding tert-OH is 1. The van der Waals surface area contributed by atoms with Crippen molar-refractivity contribution in [3.63, 3.8) is 0 Å². The maximum Gasteiger partial charge on any atom is 0.223 e. The van der Waals surface area contributed by atoms with E-state index in [-0.39, 0.29) is 6.61 Å². The highest BCUT2D eigenvalue weighted by atomic mass is 16.3. The molecule has 0 spiro atoms. The molecule has 2 rings (SSSR count). The third-order valence-corrected chi connectivity index (χ3v) is 3.17. The zero-order valence-corrected chi connectivity index (χ0v) is 8.41. The summed E-state index contributed by atoms with van der Waals surface area (Å²) in [5.74, 6) is 0.292. The van der Waals surface area contributed by atoms with Gasteiger partial charge in [-0.1, -0.05) is 6.08 Å². The minimum absolute atomic E-state index is 0.199. The van der Waals surface area contributed by atoms with Crippen LogP contribution in [0, 0.1) is 0 Å². The average Bonchev–Trinajstić information content (AvgIpc) is 2.43. The molecule has 1 N–H and O–H groups in total. The van der Waals surface area contributed by atoms with E-state index in [1.807, 2.05) is 4.90 Å². The van der Waals surface area contributed by atoms with Crippen molar-refractivity contribution >= 4 is 5.91 Å². The number of carbonyl (C=O) groups excluding carboxylic acids is 1. The van der Waals surface area contributed by atoms with Gasteiger partial charge in [-0.2, -0.15) is 0 Å². The third-order valence-electron chi connectivity index (χ3n) is 3.17. The average molecular weight is 195 g/mol. The number of amides is 1. The zero-order chi connectivity index (χ0) is 9.97. The summed E-state index contributed by atoms with van der Waals surface area (Å²) >= 11 is 0. The van der Waals surface area contributed by atoms with Crippen molar-refractivity contribution in [3.05, 3.63) is 11.6 Å². The molecule has 2 aliphatic heterocycles. The standard InChI is InChI=1S/C11H17NO2/c13-8-6-9-3-1-2-7-12-10(9)4-5-11(12)14/h3,10,13H,1-2,4-8H2/t10-/m0/s1. The van der Waals surface area contributed by atoms with Crippen LogP contribution in [0.1, 0.15) is 32.1 Å². The molecule has 1 fully saturated rings. The Bertz CT molecular complexity index is 260. The quantitative estimate of drug-likeness (QED) is 0.670. The summed E-state index contributed by atoms with van der Waals surface area (Å²) in [6.07, 6.45) is 6.71. The van der Waals surface area contributed by atoms with Gasteiger partial charge in [-0.3, -0.25) is 4.79 Å². The molecule has 2 heterocycles. The molecule has 1 saturated heterocycles. The number of aliphatic hydroxyl groups is 1.